The van der Waals surface area contributed by atoms with E-state index in [9.17, 15) is 0 Å². The van der Waals surface area contributed by atoms with Crippen LogP contribution in [0.1, 0.15) is 0 Å². The Kier molecular flexibility index (Phi) is 452. The van der Waals surface area contributed by atoms with E-state index in [4.69, 9.17) is 0 Å². The van der Waals surface area contributed by atoms with Crippen molar-refractivity contribution >= 4 is 28.3 Å². The fraction of sp³-hybridized carbons (Fsp3) is 0. The summed E-state index contributed by atoms with van der Waals surface area (Å²) >= 11 is 0. The van der Waals surface area contributed by atoms with Gasteiger partial charge in [0.05, 0.1) is 0 Å². The van der Waals surface area contributed by atoms with Crippen LogP contribution in [0.4, 0.5) is 0 Å². The Balaban J connectivity index is 0. The molecule has 24 valence electrons. The summed E-state index contributed by atoms with van der Waals surface area (Å²) < 4.78 is 0. The average Bonchev–Trinajstić information content (AvgIpc) is 0. The minimum atomic E-state index is 0. The summed E-state index contributed by atoms with van der Waals surface area (Å²) in [5.74, 6) is 0. The van der Waals surface area contributed by atoms with Crippen LogP contribution in [0.5, 0.6) is 0 Å². The molecular weight excluding hydrogens is 125 g/mol. The van der Waals surface area contributed by atoms with Crippen LogP contribution in [-0.2, 0) is 17.1 Å². The molecule has 0 bridgehead atoms. The van der Waals surface area contributed by atoms with E-state index < -0.39 is 0 Å². The summed E-state index contributed by atoms with van der Waals surface area (Å²) in [6.07, 6.45) is 0. The third-order valence-electron chi connectivity index (χ3n) is 0. The van der Waals surface area contributed by atoms with E-state index in [1.165, 1.54) is 0 Å². The topological polar surface area (TPSA) is 30.5 Å². The first kappa shape index (κ1) is 61.9. The standard InChI is InChI=1S/Al.Fe.N.H4Si/h;;;1H4. The van der Waals surface area contributed by atoms with E-state index in [0.29, 0.717) is 0 Å². The van der Waals surface area contributed by atoms with Crippen molar-refractivity contribution in [2.45, 2.75) is 0 Å². The zero-order valence-electron chi connectivity index (χ0n) is 1.38. The Morgan fingerprint density at radius 2 is 1.00 bits per heavy atom. The van der Waals surface area contributed by atoms with Crippen LogP contribution >= 0.6 is 0 Å². The minimum absolute atomic E-state index is 0. The molecule has 0 rings (SSSR count). The molecule has 4 heteroatoms. The van der Waals surface area contributed by atoms with Gasteiger partial charge in [-0.25, -0.2) is 0 Å². The van der Waals surface area contributed by atoms with Crippen LogP contribution in [0.15, 0.2) is 0 Å². The van der Waals surface area contributed by atoms with Gasteiger partial charge in [0.1, 0.15) is 0 Å². The molecule has 0 saturated heterocycles. The first-order chi connectivity index (χ1) is 0. The van der Waals surface area contributed by atoms with E-state index in [2.05, 4.69) is 0 Å². The predicted molar refractivity (Wildman–Crippen MR) is 19.2 cm³/mol. The molecular formula is H4AlFeNSi. The first-order valence-corrected chi connectivity index (χ1v) is 0. The molecule has 0 N–H and O–H groups in total. The van der Waals surface area contributed by atoms with Gasteiger partial charge in [0, 0.05) is 40.6 Å². The second kappa shape index (κ2) is 29.2. The van der Waals surface area contributed by atoms with Crippen molar-refractivity contribution < 1.29 is 17.1 Å². The third kappa shape index (κ3) is 10.6. The van der Waals surface area contributed by atoms with Crippen LogP contribution in [0.2, 0.25) is 0 Å². The smallest absolute Gasteiger partial charge is 0 e. The molecule has 6 radical (unpaired) electrons. The quantitative estimate of drug-likeness (QED) is 0.329. The van der Waals surface area contributed by atoms with Gasteiger partial charge in [-0.3, -0.25) is 0 Å². The second-order valence-electron chi connectivity index (χ2n) is 0. The molecule has 0 aliphatic heterocycles. The van der Waals surface area contributed by atoms with Crippen LogP contribution < -0.4 is 6.15 Å². The van der Waals surface area contributed by atoms with E-state index in [0.717, 1.165) is 0 Å². The maximum absolute atomic E-state index is 0. The zero-order chi connectivity index (χ0) is 0. The Bertz CT molecular complexity index is 8.00. The molecule has 0 heterocycles. The molecule has 0 aromatic carbocycles. The number of hydrogen-bond donors (Lipinski definition) is 0. The summed E-state index contributed by atoms with van der Waals surface area (Å²) in [5.41, 5.74) is 0. The summed E-state index contributed by atoms with van der Waals surface area (Å²) in [6, 6.07) is 0. The average molecular weight is 129 g/mol. The Morgan fingerprint density at radius 1 is 1.00 bits per heavy atom. The molecule has 0 aliphatic rings. The Morgan fingerprint density at radius 3 is 1.00 bits per heavy atom. The van der Waals surface area contributed by atoms with Crippen molar-refractivity contribution in [2.24, 2.45) is 0 Å². The predicted octanol–water partition coefficient (Wildman–Crippen LogP) is -2.32. The van der Waals surface area contributed by atoms with Crippen molar-refractivity contribution in [2.75, 3.05) is 0 Å². The molecule has 0 aromatic rings. The summed E-state index contributed by atoms with van der Waals surface area (Å²) in [6.45, 7) is 0. The van der Waals surface area contributed by atoms with Gasteiger partial charge in [0.2, 0.25) is 0 Å². The van der Waals surface area contributed by atoms with E-state index in [1.54, 1.807) is 0 Å². The van der Waals surface area contributed by atoms with Gasteiger partial charge in [-0.2, -0.15) is 0 Å². The summed E-state index contributed by atoms with van der Waals surface area (Å²) in [4.78, 5) is 0. The SMILES string of the molecule is [Al].[Fe].[N].[SiH4]. The molecule has 0 spiro atoms. The van der Waals surface area contributed by atoms with Gasteiger partial charge in [-0.05, 0) is 11.0 Å². The normalized spacial score (nSPS) is 0. The molecule has 0 saturated carbocycles. The molecule has 0 fully saturated rings. The van der Waals surface area contributed by atoms with E-state index >= 15 is 0 Å². The van der Waals surface area contributed by atoms with Crippen molar-refractivity contribution in [1.82, 2.24) is 6.15 Å². The summed E-state index contributed by atoms with van der Waals surface area (Å²) in [5, 5.41) is 0. The summed E-state index contributed by atoms with van der Waals surface area (Å²) in [7, 11) is 0. The molecule has 0 aliphatic carbocycles. The van der Waals surface area contributed by atoms with Gasteiger partial charge in [-0.1, -0.05) is 0 Å². The third-order valence-corrected chi connectivity index (χ3v) is 0. The zero-order valence-corrected chi connectivity index (χ0v) is 3.64. The Labute approximate surface area is 51.7 Å². The molecule has 0 amide bonds. The maximum Gasteiger partial charge on any atom is 0 e. The van der Waals surface area contributed by atoms with Gasteiger partial charge < -0.3 is 0 Å². The molecule has 4 heavy (non-hydrogen) atoms. The van der Waals surface area contributed by atoms with Crippen molar-refractivity contribution in [3.63, 3.8) is 0 Å². The van der Waals surface area contributed by atoms with E-state index in [-0.39, 0.29) is 51.5 Å². The monoisotopic (exact) mass is 129 g/mol. The maximum atomic E-state index is 0. The van der Waals surface area contributed by atoms with Crippen molar-refractivity contribution in [3.8, 4) is 0 Å². The van der Waals surface area contributed by atoms with Crippen LogP contribution in [-0.4, -0.2) is 28.3 Å². The fourth-order valence-corrected chi connectivity index (χ4v) is 0. The van der Waals surface area contributed by atoms with Gasteiger partial charge in [-0.15, -0.1) is 0 Å². The number of hydrogen-bond acceptors (Lipinski definition) is 0. The van der Waals surface area contributed by atoms with Crippen molar-refractivity contribution in [3.05, 3.63) is 0 Å². The van der Waals surface area contributed by atoms with Crippen molar-refractivity contribution in [1.29, 1.82) is 0 Å². The minimum Gasteiger partial charge on any atom is -0.0149 e. The number of nitrogens with zero attached hydrogens (tertiary/aromatic N) is 1. The first-order valence-electron chi connectivity index (χ1n) is 0. The van der Waals surface area contributed by atoms with Crippen LogP contribution in [0.3, 0.4) is 0 Å². The van der Waals surface area contributed by atoms with E-state index in [1.807, 2.05) is 0 Å². The largest absolute Gasteiger partial charge is 0.0149 e. The molecule has 0 aromatic heterocycles. The van der Waals surface area contributed by atoms with Gasteiger partial charge >= 0.3 is 0 Å². The second-order valence-corrected chi connectivity index (χ2v) is 0. The molecule has 1 nitrogen and oxygen atoms in total. The van der Waals surface area contributed by atoms with Crippen LogP contribution in [0, 0.1) is 0 Å². The molecule has 0 unspecified atom stereocenters. The van der Waals surface area contributed by atoms with Crippen LogP contribution in [0.25, 0.3) is 0 Å². The van der Waals surface area contributed by atoms with Gasteiger partial charge in [0.25, 0.3) is 0 Å². The fourth-order valence-electron chi connectivity index (χ4n) is 0. The van der Waals surface area contributed by atoms with Gasteiger partial charge in [0.15, 0.2) is 0 Å². The Hall–Kier alpha value is 1.23. The number of rotatable bonds is 0. The molecule has 0 atom stereocenters.